The molecule has 2 aromatic rings. The minimum atomic E-state index is -0.144. The van der Waals surface area contributed by atoms with E-state index in [1.165, 1.54) is 4.88 Å². The van der Waals surface area contributed by atoms with Crippen molar-refractivity contribution in [2.24, 2.45) is 11.3 Å². The molecule has 0 unspecified atom stereocenters. The predicted octanol–water partition coefficient (Wildman–Crippen LogP) is 5.40. The average Bonchev–Trinajstić information content (AvgIpc) is 3.04. The Kier molecular flexibility index (Phi) is 7.55. The number of nitrogens with one attached hydrogen (secondary N) is 3. The molecule has 1 aliphatic rings. The zero-order valence-electron chi connectivity index (χ0n) is 19.4. The molecule has 1 aromatic heterocycles. The lowest BCUT2D eigenvalue weighted by Crippen LogP contribution is -2.29. The van der Waals surface area contributed by atoms with Crippen LogP contribution in [0.25, 0.3) is 0 Å². The van der Waals surface area contributed by atoms with Crippen molar-refractivity contribution in [3.8, 4) is 0 Å². The van der Waals surface area contributed by atoms with Crippen molar-refractivity contribution in [1.29, 1.82) is 0 Å². The minimum Gasteiger partial charge on any atom is -0.322 e. The van der Waals surface area contributed by atoms with Crippen LogP contribution in [-0.4, -0.2) is 24.9 Å². The Morgan fingerprint density at radius 1 is 1.19 bits per heavy atom. The van der Waals surface area contributed by atoms with Gasteiger partial charge in [0, 0.05) is 10.6 Å². The number of thiophene rings is 1. The summed E-state index contributed by atoms with van der Waals surface area (Å²) in [4.78, 5) is 27.1. The first-order valence-corrected chi connectivity index (χ1v) is 12.0. The highest BCUT2D eigenvalue weighted by atomic mass is 32.1. The normalized spacial score (nSPS) is 16.0. The van der Waals surface area contributed by atoms with Crippen LogP contribution in [0.2, 0.25) is 0 Å². The Balaban J connectivity index is 1.88. The lowest BCUT2D eigenvalue weighted by molar-refractivity contribution is -0.115. The van der Waals surface area contributed by atoms with E-state index < -0.39 is 0 Å². The highest BCUT2D eigenvalue weighted by Gasteiger charge is 2.34. The Morgan fingerprint density at radius 2 is 1.97 bits per heavy atom. The van der Waals surface area contributed by atoms with E-state index in [9.17, 15) is 9.59 Å². The molecule has 31 heavy (non-hydrogen) atoms. The molecule has 1 aromatic carbocycles. The molecule has 0 saturated carbocycles. The van der Waals surface area contributed by atoms with Gasteiger partial charge in [0.1, 0.15) is 5.00 Å². The zero-order chi connectivity index (χ0) is 22.6. The molecule has 6 heteroatoms. The summed E-state index contributed by atoms with van der Waals surface area (Å²) >= 11 is 1.57. The van der Waals surface area contributed by atoms with E-state index in [2.05, 4.69) is 43.6 Å². The quantitative estimate of drug-likeness (QED) is 0.504. The SMILES string of the molecule is CCCNCC(=O)Nc1sc2c(c1C(=O)Nc1cccc(C)c1)CC[C@@H](C(C)(C)C)C2. The number of benzene rings is 1. The van der Waals surface area contributed by atoms with E-state index in [0.717, 1.165) is 49.0 Å². The number of carbonyl (C=O) groups is 2. The van der Waals surface area contributed by atoms with Crippen LogP contribution in [0.4, 0.5) is 10.7 Å². The molecule has 5 nitrogen and oxygen atoms in total. The second kappa shape index (κ2) is 9.96. The molecule has 1 heterocycles. The minimum absolute atomic E-state index is 0.107. The largest absolute Gasteiger partial charge is 0.322 e. The molecule has 3 N–H and O–H groups in total. The van der Waals surface area contributed by atoms with Crippen molar-refractivity contribution in [1.82, 2.24) is 5.32 Å². The van der Waals surface area contributed by atoms with Gasteiger partial charge in [0.05, 0.1) is 12.1 Å². The molecule has 168 valence electrons. The van der Waals surface area contributed by atoms with E-state index in [-0.39, 0.29) is 23.8 Å². The van der Waals surface area contributed by atoms with Gasteiger partial charge >= 0.3 is 0 Å². The number of anilines is 2. The van der Waals surface area contributed by atoms with Crippen LogP contribution in [0.3, 0.4) is 0 Å². The topological polar surface area (TPSA) is 70.2 Å². The maximum atomic E-state index is 13.3. The second-order valence-electron chi connectivity index (χ2n) is 9.56. The summed E-state index contributed by atoms with van der Waals surface area (Å²) in [6.45, 7) is 12.0. The van der Waals surface area contributed by atoms with Crippen molar-refractivity contribution in [3.05, 3.63) is 45.8 Å². The molecule has 1 atom stereocenters. The van der Waals surface area contributed by atoms with E-state index >= 15 is 0 Å². The van der Waals surface area contributed by atoms with Crippen LogP contribution >= 0.6 is 11.3 Å². The summed E-state index contributed by atoms with van der Waals surface area (Å²) in [6, 6.07) is 7.79. The van der Waals surface area contributed by atoms with Crippen molar-refractivity contribution in [3.63, 3.8) is 0 Å². The fourth-order valence-electron chi connectivity index (χ4n) is 4.12. The van der Waals surface area contributed by atoms with Gasteiger partial charge in [0.2, 0.25) is 5.91 Å². The third kappa shape index (κ3) is 5.95. The third-order valence-corrected chi connectivity index (χ3v) is 7.13. The Hall–Kier alpha value is -2.18. The lowest BCUT2D eigenvalue weighted by Gasteiger charge is -2.33. The second-order valence-corrected chi connectivity index (χ2v) is 10.7. The summed E-state index contributed by atoms with van der Waals surface area (Å²) in [5.74, 6) is 0.319. The predicted molar refractivity (Wildman–Crippen MR) is 130 cm³/mol. The van der Waals surface area contributed by atoms with Crippen LogP contribution in [-0.2, 0) is 17.6 Å². The highest BCUT2D eigenvalue weighted by molar-refractivity contribution is 7.17. The van der Waals surface area contributed by atoms with Crippen LogP contribution in [0.1, 0.15) is 66.9 Å². The first-order chi connectivity index (χ1) is 14.7. The van der Waals surface area contributed by atoms with Crippen molar-refractivity contribution in [2.75, 3.05) is 23.7 Å². The molecular weight excluding hydrogens is 406 g/mol. The maximum absolute atomic E-state index is 13.3. The van der Waals surface area contributed by atoms with Crippen molar-refractivity contribution >= 4 is 33.8 Å². The van der Waals surface area contributed by atoms with Crippen molar-refractivity contribution in [2.45, 2.75) is 60.3 Å². The molecule has 2 amide bonds. The van der Waals surface area contributed by atoms with E-state index in [1.54, 1.807) is 11.3 Å². The molecule has 0 bridgehead atoms. The summed E-state index contributed by atoms with van der Waals surface area (Å²) in [5.41, 5.74) is 3.83. The van der Waals surface area contributed by atoms with Crippen LogP contribution in [0, 0.1) is 18.3 Å². The van der Waals surface area contributed by atoms with Gasteiger partial charge in [0.15, 0.2) is 0 Å². The van der Waals surface area contributed by atoms with Gasteiger partial charge in [0.25, 0.3) is 5.91 Å². The number of hydrogen-bond donors (Lipinski definition) is 3. The summed E-state index contributed by atoms with van der Waals surface area (Å²) in [6.07, 6.45) is 3.86. The average molecular weight is 442 g/mol. The van der Waals surface area contributed by atoms with Gasteiger partial charge in [-0.25, -0.2) is 0 Å². The zero-order valence-corrected chi connectivity index (χ0v) is 20.2. The standard InChI is InChI=1S/C25H35N3O2S/c1-6-12-26-15-21(29)28-24-22(23(30)27-18-9-7-8-16(2)13-18)19-11-10-17(25(3,4)5)14-20(19)31-24/h7-9,13,17,26H,6,10-12,14-15H2,1-5H3,(H,27,30)(H,28,29)/t17-/m1/s1. The molecule has 1 aliphatic carbocycles. The molecule has 0 radical (unpaired) electrons. The van der Waals surface area contributed by atoms with Gasteiger partial charge in [-0.05, 0) is 73.7 Å². The molecule has 3 rings (SSSR count). The Labute approximate surface area is 190 Å². The van der Waals surface area contributed by atoms with Gasteiger partial charge in [-0.3, -0.25) is 9.59 Å². The molecule has 0 fully saturated rings. The third-order valence-electron chi connectivity index (χ3n) is 5.96. The van der Waals surface area contributed by atoms with Gasteiger partial charge in [-0.15, -0.1) is 11.3 Å². The Morgan fingerprint density at radius 3 is 2.65 bits per heavy atom. The smallest absolute Gasteiger partial charge is 0.258 e. The number of amides is 2. The van der Waals surface area contributed by atoms with Crippen LogP contribution in [0.15, 0.2) is 24.3 Å². The molecular formula is C25H35N3O2S. The number of hydrogen-bond acceptors (Lipinski definition) is 4. The van der Waals surface area contributed by atoms with Crippen molar-refractivity contribution < 1.29 is 9.59 Å². The first kappa shape index (κ1) is 23.5. The first-order valence-electron chi connectivity index (χ1n) is 11.2. The fourth-order valence-corrected chi connectivity index (χ4v) is 5.46. The summed E-state index contributed by atoms with van der Waals surface area (Å²) < 4.78 is 0. The monoisotopic (exact) mass is 441 g/mol. The number of aryl methyl sites for hydroxylation is 1. The highest BCUT2D eigenvalue weighted by Crippen LogP contribution is 2.44. The Bertz CT molecular complexity index is 943. The summed E-state index contributed by atoms with van der Waals surface area (Å²) in [7, 11) is 0. The van der Waals surface area contributed by atoms with Crippen LogP contribution in [0.5, 0.6) is 0 Å². The molecule has 0 spiro atoms. The van der Waals surface area contributed by atoms with E-state index in [1.807, 2.05) is 31.2 Å². The van der Waals surface area contributed by atoms with Gasteiger partial charge in [-0.2, -0.15) is 0 Å². The van der Waals surface area contributed by atoms with Gasteiger partial charge < -0.3 is 16.0 Å². The number of carbonyl (C=O) groups excluding carboxylic acids is 2. The van der Waals surface area contributed by atoms with Gasteiger partial charge in [-0.1, -0.05) is 39.8 Å². The van der Waals surface area contributed by atoms with Crippen LogP contribution < -0.4 is 16.0 Å². The van der Waals surface area contributed by atoms with E-state index in [4.69, 9.17) is 0 Å². The lowest BCUT2D eigenvalue weighted by atomic mass is 9.72. The van der Waals surface area contributed by atoms with E-state index in [0.29, 0.717) is 16.5 Å². The molecule has 0 saturated heterocycles. The number of rotatable bonds is 7. The fraction of sp³-hybridized carbons (Fsp3) is 0.520. The molecule has 0 aliphatic heterocycles. The number of fused-ring (bicyclic) bond motifs is 1. The maximum Gasteiger partial charge on any atom is 0.258 e. The summed E-state index contributed by atoms with van der Waals surface area (Å²) in [5, 5.41) is 9.86.